The topological polar surface area (TPSA) is 91.1 Å². The molecule has 1 aliphatic rings. The van der Waals surface area contributed by atoms with Gasteiger partial charge in [-0.2, -0.15) is 0 Å². The summed E-state index contributed by atoms with van der Waals surface area (Å²) in [5.74, 6) is 0.444. The quantitative estimate of drug-likeness (QED) is 0.374. The summed E-state index contributed by atoms with van der Waals surface area (Å²) in [6.07, 6.45) is 0.546. The maximum absolute atomic E-state index is 14.4. The van der Waals surface area contributed by atoms with Crippen molar-refractivity contribution in [1.29, 1.82) is 0 Å². The van der Waals surface area contributed by atoms with E-state index in [-0.39, 0.29) is 17.9 Å². The first kappa shape index (κ1) is 23.0. The average Bonchev–Trinajstić information content (AvgIpc) is 2.86. The third-order valence-corrected chi connectivity index (χ3v) is 5.82. The molecule has 1 atom stereocenters. The van der Waals surface area contributed by atoms with Crippen LogP contribution in [0.4, 0.5) is 10.1 Å². The van der Waals surface area contributed by atoms with Crippen LogP contribution in [0.3, 0.4) is 0 Å². The predicted molar refractivity (Wildman–Crippen MR) is 122 cm³/mol. The Morgan fingerprint density at radius 2 is 1.76 bits per heavy atom. The van der Waals surface area contributed by atoms with Crippen LogP contribution < -0.4 is 14.2 Å². The molecule has 0 fully saturated rings. The van der Waals surface area contributed by atoms with Crippen LogP contribution in [0.2, 0.25) is 0 Å². The van der Waals surface area contributed by atoms with Gasteiger partial charge in [0.1, 0.15) is 18.2 Å². The molecule has 9 heteroatoms. The molecule has 0 bridgehead atoms. The number of hydrogen-bond acceptors (Lipinski definition) is 6. The molecule has 1 unspecified atom stereocenters. The minimum Gasteiger partial charge on any atom is -0.493 e. The first-order valence-corrected chi connectivity index (χ1v) is 10.6. The molecule has 176 valence electrons. The normalized spacial score (nSPS) is 14.8. The van der Waals surface area contributed by atoms with Crippen molar-refractivity contribution in [1.82, 2.24) is 4.90 Å². The summed E-state index contributed by atoms with van der Waals surface area (Å²) >= 11 is 0. The smallest absolute Gasteiger partial charge is 0.269 e. The Morgan fingerprint density at radius 3 is 2.41 bits per heavy atom. The molecule has 0 aromatic heterocycles. The van der Waals surface area contributed by atoms with Gasteiger partial charge in [0.15, 0.2) is 11.5 Å². The molecule has 0 spiro atoms. The van der Waals surface area contributed by atoms with Gasteiger partial charge in [0.25, 0.3) is 11.6 Å². The molecule has 0 saturated carbocycles. The highest BCUT2D eigenvalue weighted by Crippen LogP contribution is 2.39. The van der Waals surface area contributed by atoms with Gasteiger partial charge in [-0.05, 0) is 53.9 Å². The van der Waals surface area contributed by atoms with Crippen molar-refractivity contribution in [3.63, 3.8) is 0 Å². The summed E-state index contributed by atoms with van der Waals surface area (Å²) in [6, 6.07) is 14.7. The number of halogens is 1. The number of carbonyl (C=O) groups excluding carboxylic acids is 1. The predicted octanol–water partition coefficient (Wildman–Crippen LogP) is 4.57. The Labute approximate surface area is 195 Å². The van der Waals surface area contributed by atoms with Gasteiger partial charge < -0.3 is 19.1 Å². The fraction of sp³-hybridized carbons (Fsp3) is 0.240. The van der Waals surface area contributed by atoms with E-state index < -0.39 is 22.7 Å². The van der Waals surface area contributed by atoms with Crippen LogP contribution in [0.25, 0.3) is 0 Å². The van der Waals surface area contributed by atoms with E-state index in [2.05, 4.69) is 0 Å². The van der Waals surface area contributed by atoms with Crippen molar-refractivity contribution in [2.75, 3.05) is 27.4 Å². The Kier molecular flexibility index (Phi) is 6.62. The van der Waals surface area contributed by atoms with E-state index >= 15 is 0 Å². The summed E-state index contributed by atoms with van der Waals surface area (Å²) in [6.45, 7) is 0.407. The third kappa shape index (κ3) is 4.50. The Bertz CT molecular complexity index is 1210. The summed E-state index contributed by atoms with van der Waals surface area (Å²) in [7, 11) is 3.08. The number of benzene rings is 3. The van der Waals surface area contributed by atoms with Crippen LogP contribution in [0.1, 0.15) is 27.5 Å². The van der Waals surface area contributed by atoms with Gasteiger partial charge in [-0.1, -0.05) is 12.1 Å². The lowest BCUT2D eigenvalue weighted by molar-refractivity contribution is -0.384. The van der Waals surface area contributed by atoms with Crippen LogP contribution in [0, 0.1) is 15.9 Å². The molecule has 0 radical (unpaired) electrons. The van der Waals surface area contributed by atoms with E-state index in [0.717, 1.165) is 11.1 Å². The number of amides is 1. The van der Waals surface area contributed by atoms with Crippen molar-refractivity contribution in [3.8, 4) is 17.2 Å². The van der Waals surface area contributed by atoms with Gasteiger partial charge in [-0.25, -0.2) is 4.39 Å². The standard InChI is InChI=1S/C25H23FN2O6/c1-32-23-13-16-11-12-27(25(29)19-5-3-4-6-21(19)26)22(20(16)14-24(23)33-2)15-34-18-9-7-17(8-10-18)28(30)31/h3-10,13-14,22H,11-12,15H2,1-2H3. The molecule has 0 N–H and O–H groups in total. The lowest BCUT2D eigenvalue weighted by Crippen LogP contribution is -2.43. The number of hydrogen-bond donors (Lipinski definition) is 0. The molecule has 34 heavy (non-hydrogen) atoms. The zero-order valence-corrected chi connectivity index (χ0v) is 18.7. The highest BCUT2D eigenvalue weighted by Gasteiger charge is 2.34. The molecule has 0 aliphatic carbocycles. The zero-order valence-electron chi connectivity index (χ0n) is 18.7. The number of nitrogens with zero attached hydrogens (tertiary/aromatic N) is 2. The second kappa shape index (κ2) is 9.78. The first-order valence-electron chi connectivity index (χ1n) is 10.6. The van der Waals surface area contributed by atoms with Crippen LogP contribution in [0.5, 0.6) is 17.2 Å². The average molecular weight is 466 g/mol. The van der Waals surface area contributed by atoms with Crippen LogP contribution in [0.15, 0.2) is 60.7 Å². The number of carbonyl (C=O) groups is 1. The maximum Gasteiger partial charge on any atom is 0.269 e. The van der Waals surface area contributed by atoms with Gasteiger partial charge in [0.2, 0.25) is 0 Å². The first-order chi connectivity index (χ1) is 16.4. The molecule has 3 aromatic rings. The van der Waals surface area contributed by atoms with E-state index in [1.165, 1.54) is 49.6 Å². The molecule has 1 amide bonds. The van der Waals surface area contributed by atoms with Crippen LogP contribution >= 0.6 is 0 Å². The van der Waals surface area contributed by atoms with Crippen molar-refractivity contribution in [2.45, 2.75) is 12.5 Å². The van der Waals surface area contributed by atoms with Gasteiger partial charge in [-0.3, -0.25) is 14.9 Å². The minimum absolute atomic E-state index is 0.0215. The molecule has 0 saturated heterocycles. The number of fused-ring (bicyclic) bond motifs is 1. The monoisotopic (exact) mass is 466 g/mol. The Hall–Kier alpha value is -4.14. The summed E-state index contributed by atoms with van der Waals surface area (Å²) in [5, 5.41) is 10.9. The lowest BCUT2D eigenvalue weighted by atomic mass is 9.91. The van der Waals surface area contributed by atoms with Crippen LogP contribution in [-0.2, 0) is 6.42 Å². The van der Waals surface area contributed by atoms with Gasteiger partial charge >= 0.3 is 0 Å². The molecule has 3 aromatic carbocycles. The fourth-order valence-corrected chi connectivity index (χ4v) is 4.08. The zero-order chi connectivity index (χ0) is 24.2. The summed E-state index contributed by atoms with van der Waals surface area (Å²) in [5.41, 5.74) is 1.69. The van der Waals surface area contributed by atoms with E-state index in [1.807, 2.05) is 6.07 Å². The van der Waals surface area contributed by atoms with E-state index in [1.54, 1.807) is 24.1 Å². The second-order valence-corrected chi connectivity index (χ2v) is 7.71. The number of rotatable bonds is 7. The third-order valence-electron chi connectivity index (χ3n) is 5.82. The molecular weight excluding hydrogens is 443 g/mol. The number of ether oxygens (including phenoxy) is 3. The Morgan fingerprint density at radius 1 is 1.09 bits per heavy atom. The van der Waals surface area contributed by atoms with E-state index in [9.17, 15) is 19.3 Å². The minimum atomic E-state index is -0.597. The van der Waals surface area contributed by atoms with Gasteiger partial charge in [0.05, 0.1) is 30.7 Å². The highest BCUT2D eigenvalue weighted by molar-refractivity contribution is 5.95. The van der Waals surface area contributed by atoms with Gasteiger partial charge in [-0.15, -0.1) is 0 Å². The second-order valence-electron chi connectivity index (χ2n) is 7.71. The van der Waals surface area contributed by atoms with Gasteiger partial charge in [0, 0.05) is 18.7 Å². The largest absolute Gasteiger partial charge is 0.493 e. The van der Waals surface area contributed by atoms with Crippen molar-refractivity contribution in [2.24, 2.45) is 0 Å². The number of methoxy groups -OCH3 is 2. The summed E-state index contributed by atoms with van der Waals surface area (Å²) < 4.78 is 31.2. The molecule has 1 aliphatic heterocycles. The number of non-ortho nitro benzene ring substituents is 1. The molecule has 1 heterocycles. The number of nitro benzene ring substituents is 1. The lowest BCUT2D eigenvalue weighted by Gasteiger charge is -2.37. The van der Waals surface area contributed by atoms with Crippen molar-refractivity contribution >= 4 is 11.6 Å². The van der Waals surface area contributed by atoms with Crippen molar-refractivity contribution < 1.29 is 28.3 Å². The van der Waals surface area contributed by atoms with Crippen LogP contribution in [-0.4, -0.2) is 43.1 Å². The fourth-order valence-electron chi connectivity index (χ4n) is 4.08. The SMILES string of the molecule is COc1cc2c(cc1OC)C(COc1ccc([N+](=O)[O-])cc1)N(C(=O)c1ccccc1F)CC2. The van der Waals surface area contributed by atoms with E-state index in [0.29, 0.717) is 30.2 Å². The molecule has 4 rings (SSSR count). The molecule has 8 nitrogen and oxygen atoms in total. The molecular formula is C25H23FN2O6. The summed E-state index contributed by atoms with van der Waals surface area (Å²) in [4.78, 5) is 25.4. The maximum atomic E-state index is 14.4. The van der Waals surface area contributed by atoms with Crippen molar-refractivity contribution in [3.05, 3.63) is 93.3 Å². The highest BCUT2D eigenvalue weighted by atomic mass is 19.1. The van der Waals surface area contributed by atoms with E-state index in [4.69, 9.17) is 14.2 Å². The Balaban J connectivity index is 1.69. The number of nitro groups is 1.